The topological polar surface area (TPSA) is 69.6 Å². The summed E-state index contributed by atoms with van der Waals surface area (Å²) in [6, 6.07) is 6.93. The number of nitrogens with one attached hydrogen (secondary N) is 1. The first kappa shape index (κ1) is 24.9. The predicted molar refractivity (Wildman–Crippen MR) is 129 cm³/mol. The fourth-order valence-electron chi connectivity index (χ4n) is 4.13. The lowest BCUT2D eigenvalue weighted by Crippen LogP contribution is -2.45. The van der Waals surface area contributed by atoms with E-state index < -0.39 is 14.2 Å². The van der Waals surface area contributed by atoms with Crippen molar-refractivity contribution in [3.63, 3.8) is 0 Å². The van der Waals surface area contributed by atoms with Gasteiger partial charge < -0.3 is 15.3 Å². The summed E-state index contributed by atoms with van der Waals surface area (Å²) in [7, 11) is 0.406. The number of likely N-dealkylation sites (N-methyl/N-ethyl adjacent to an activating group) is 1. The van der Waals surface area contributed by atoms with Crippen LogP contribution in [0.25, 0.3) is 0 Å². The van der Waals surface area contributed by atoms with Gasteiger partial charge in [-0.15, -0.1) is 0 Å². The van der Waals surface area contributed by atoms with Gasteiger partial charge in [-0.25, -0.2) is 4.79 Å². The van der Waals surface area contributed by atoms with Crippen molar-refractivity contribution in [1.82, 2.24) is 10.2 Å². The average Bonchev–Trinajstić information content (AvgIpc) is 2.66. The van der Waals surface area contributed by atoms with Gasteiger partial charge in [-0.2, -0.15) is 0 Å². The van der Waals surface area contributed by atoms with Crippen LogP contribution >= 0.6 is 15.9 Å². The SMILES string of the molecule is CN(CC(CC1CCCCC1)NC(=O)c1cc(Br)cc(CC[Si](C)(C)C)c1)C(=O)O. The third kappa shape index (κ3) is 8.80. The molecule has 0 heterocycles. The smallest absolute Gasteiger partial charge is 0.407 e. The van der Waals surface area contributed by atoms with Crippen molar-refractivity contribution in [1.29, 1.82) is 0 Å². The quantitative estimate of drug-likeness (QED) is 0.411. The Hall–Kier alpha value is -1.34. The highest BCUT2D eigenvalue weighted by atomic mass is 79.9. The number of benzene rings is 1. The fraction of sp³-hybridized carbons (Fsp3) is 0.652. The molecule has 1 aromatic rings. The Morgan fingerprint density at radius 2 is 1.87 bits per heavy atom. The van der Waals surface area contributed by atoms with Crippen molar-refractivity contribution in [2.24, 2.45) is 5.92 Å². The Morgan fingerprint density at radius 3 is 2.47 bits per heavy atom. The van der Waals surface area contributed by atoms with Crippen molar-refractivity contribution in [2.75, 3.05) is 13.6 Å². The monoisotopic (exact) mass is 496 g/mol. The minimum absolute atomic E-state index is 0.120. The largest absolute Gasteiger partial charge is 0.465 e. The van der Waals surface area contributed by atoms with Crippen LogP contribution in [0.4, 0.5) is 4.79 Å². The van der Waals surface area contributed by atoms with Crippen molar-refractivity contribution in [3.05, 3.63) is 33.8 Å². The molecule has 0 spiro atoms. The van der Waals surface area contributed by atoms with Gasteiger partial charge in [-0.3, -0.25) is 4.79 Å². The Bertz CT molecular complexity index is 730. The lowest BCUT2D eigenvalue weighted by molar-refractivity contribution is 0.0910. The van der Waals surface area contributed by atoms with Crippen molar-refractivity contribution >= 4 is 36.0 Å². The second-order valence-electron chi connectivity index (χ2n) is 9.98. The molecule has 1 saturated carbocycles. The number of hydrogen-bond acceptors (Lipinski definition) is 2. The third-order valence-corrected chi connectivity index (χ3v) is 8.09. The van der Waals surface area contributed by atoms with Crippen LogP contribution < -0.4 is 5.32 Å². The molecular formula is C23H37BrN2O3Si. The number of halogens is 1. The summed E-state index contributed by atoms with van der Waals surface area (Å²) in [5.74, 6) is 0.436. The maximum absolute atomic E-state index is 13.1. The summed E-state index contributed by atoms with van der Waals surface area (Å²) in [5.41, 5.74) is 1.81. The molecule has 1 atom stereocenters. The Kier molecular flexibility index (Phi) is 9.41. The molecule has 0 aliphatic heterocycles. The first-order valence-corrected chi connectivity index (χ1v) is 15.6. The number of carbonyl (C=O) groups excluding carboxylic acids is 1. The Labute approximate surface area is 190 Å². The molecule has 0 bridgehead atoms. The first-order valence-electron chi connectivity index (χ1n) is 11.1. The number of carboxylic acid groups (broad SMARTS) is 1. The molecule has 1 fully saturated rings. The van der Waals surface area contributed by atoms with Crippen LogP contribution in [0.2, 0.25) is 25.7 Å². The Morgan fingerprint density at radius 1 is 1.20 bits per heavy atom. The highest BCUT2D eigenvalue weighted by Gasteiger charge is 2.24. The summed E-state index contributed by atoms with van der Waals surface area (Å²) >= 11 is 3.55. The second-order valence-corrected chi connectivity index (χ2v) is 16.5. The van der Waals surface area contributed by atoms with E-state index in [0.29, 0.717) is 18.0 Å². The zero-order valence-electron chi connectivity index (χ0n) is 18.8. The zero-order valence-corrected chi connectivity index (χ0v) is 21.4. The van der Waals surface area contributed by atoms with Crippen LogP contribution in [0.15, 0.2) is 22.7 Å². The summed E-state index contributed by atoms with van der Waals surface area (Å²) < 4.78 is 0.909. The van der Waals surface area contributed by atoms with E-state index in [9.17, 15) is 14.7 Å². The first-order chi connectivity index (χ1) is 14.0. The zero-order chi connectivity index (χ0) is 22.3. The number of rotatable bonds is 9. The minimum atomic E-state index is -1.16. The number of amides is 2. The van der Waals surface area contributed by atoms with Crippen LogP contribution in [0.3, 0.4) is 0 Å². The molecule has 2 N–H and O–H groups in total. The van der Waals surface area contributed by atoms with E-state index >= 15 is 0 Å². The normalized spacial score (nSPS) is 16.2. The van der Waals surface area contributed by atoms with Gasteiger partial charge in [-0.1, -0.05) is 73.7 Å². The van der Waals surface area contributed by atoms with E-state index in [1.807, 2.05) is 12.1 Å². The molecule has 7 heteroatoms. The summed E-state index contributed by atoms with van der Waals surface area (Å²) in [5, 5.41) is 12.4. The summed E-state index contributed by atoms with van der Waals surface area (Å²) in [6.45, 7) is 7.38. The highest BCUT2D eigenvalue weighted by Crippen LogP contribution is 2.28. The van der Waals surface area contributed by atoms with Crippen LogP contribution in [0.5, 0.6) is 0 Å². The van der Waals surface area contributed by atoms with E-state index in [0.717, 1.165) is 17.3 Å². The number of nitrogens with zero attached hydrogens (tertiary/aromatic N) is 1. The Balaban J connectivity index is 2.10. The van der Waals surface area contributed by atoms with Gasteiger partial charge in [-0.05, 0) is 42.5 Å². The number of carbonyl (C=O) groups is 2. The summed E-state index contributed by atoms with van der Waals surface area (Å²) in [4.78, 5) is 25.7. The molecule has 30 heavy (non-hydrogen) atoms. The second kappa shape index (κ2) is 11.3. The molecule has 1 aliphatic carbocycles. The maximum Gasteiger partial charge on any atom is 0.407 e. The van der Waals surface area contributed by atoms with Crippen molar-refractivity contribution in [2.45, 2.75) is 76.7 Å². The fourth-order valence-corrected chi connectivity index (χ4v) is 5.71. The third-order valence-electron chi connectivity index (χ3n) is 5.88. The molecular weight excluding hydrogens is 460 g/mol. The molecule has 1 unspecified atom stereocenters. The highest BCUT2D eigenvalue weighted by molar-refractivity contribution is 9.10. The van der Waals surface area contributed by atoms with Gasteiger partial charge in [0.1, 0.15) is 0 Å². The van der Waals surface area contributed by atoms with Gasteiger partial charge in [0.15, 0.2) is 0 Å². The predicted octanol–water partition coefficient (Wildman–Crippen LogP) is 6.01. The van der Waals surface area contributed by atoms with E-state index in [1.54, 1.807) is 7.05 Å². The van der Waals surface area contributed by atoms with Crippen LogP contribution in [-0.2, 0) is 6.42 Å². The van der Waals surface area contributed by atoms with E-state index in [-0.39, 0.29) is 11.9 Å². The minimum Gasteiger partial charge on any atom is -0.465 e. The van der Waals surface area contributed by atoms with Crippen LogP contribution in [-0.4, -0.2) is 49.7 Å². The average molecular weight is 498 g/mol. The molecule has 1 aliphatic rings. The van der Waals surface area contributed by atoms with Crippen molar-refractivity contribution in [3.8, 4) is 0 Å². The van der Waals surface area contributed by atoms with Gasteiger partial charge in [0.05, 0.1) is 0 Å². The van der Waals surface area contributed by atoms with Gasteiger partial charge >= 0.3 is 6.09 Å². The van der Waals surface area contributed by atoms with E-state index in [4.69, 9.17) is 0 Å². The molecule has 0 saturated heterocycles. The summed E-state index contributed by atoms with van der Waals surface area (Å²) in [6.07, 6.45) is 6.91. The molecule has 0 aromatic heterocycles. The van der Waals surface area contributed by atoms with Gasteiger partial charge in [0, 0.05) is 37.7 Å². The standard InChI is InChI=1S/C23H37BrN2O3Si/c1-26(23(28)29)16-21(14-17-8-6-5-7-9-17)25-22(27)19-12-18(13-20(24)15-19)10-11-30(2,3)4/h12-13,15,17,21H,5-11,14,16H2,1-4H3,(H,25,27)(H,28,29). The number of aryl methyl sites for hydroxylation is 1. The maximum atomic E-state index is 13.1. The van der Waals surface area contributed by atoms with Crippen LogP contribution in [0, 0.1) is 5.92 Å². The van der Waals surface area contributed by atoms with Crippen LogP contribution in [0.1, 0.15) is 54.4 Å². The lowest BCUT2D eigenvalue weighted by atomic mass is 9.84. The molecule has 1 aromatic carbocycles. The molecule has 2 rings (SSSR count). The van der Waals surface area contributed by atoms with Crippen molar-refractivity contribution < 1.29 is 14.7 Å². The molecule has 5 nitrogen and oxygen atoms in total. The van der Waals surface area contributed by atoms with E-state index in [1.165, 1.54) is 48.6 Å². The number of hydrogen-bond donors (Lipinski definition) is 2. The van der Waals surface area contributed by atoms with Gasteiger partial charge in [0.25, 0.3) is 5.91 Å². The lowest BCUT2D eigenvalue weighted by Gasteiger charge is -2.29. The van der Waals surface area contributed by atoms with E-state index in [2.05, 4.69) is 47.0 Å². The molecule has 168 valence electrons. The molecule has 0 radical (unpaired) electrons. The molecule has 2 amide bonds. The van der Waals surface area contributed by atoms with Gasteiger partial charge in [0.2, 0.25) is 0 Å².